The van der Waals surface area contributed by atoms with Gasteiger partial charge < -0.3 is 9.84 Å². The Hall–Kier alpha value is -1.79. The molecule has 4 nitrogen and oxygen atoms in total. The zero-order valence-corrected chi connectivity index (χ0v) is 7.28. The van der Waals surface area contributed by atoms with Gasteiger partial charge in [0.25, 0.3) is 12.3 Å². The minimum atomic E-state index is -2.75. The molecule has 0 saturated carbocycles. The molecule has 0 atom stereocenters. The van der Waals surface area contributed by atoms with Crippen molar-refractivity contribution >= 4 is 5.97 Å². The van der Waals surface area contributed by atoms with Crippen LogP contribution in [0.25, 0.3) is 0 Å². The number of carboxylic acids is 1. The lowest BCUT2D eigenvalue weighted by atomic mass is 10.3. The monoisotopic (exact) mass is 221 g/mol. The molecule has 7 heteroatoms. The molecule has 0 aliphatic carbocycles. The summed E-state index contributed by atoms with van der Waals surface area (Å²) < 4.78 is 40.6. The van der Waals surface area contributed by atoms with Gasteiger partial charge in [0.2, 0.25) is 0 Å². The van der Waals surface area contributed by atoms with Crippen molar-refractivity contribution in [3.8, 4) is 5.88 Å². The minimum Gasteiger partial charge on any atom is -0.478 e. The number of halogens is 3. The largest absolute Gasteiger partial charge is 0.478 e. The zero-order chi connectivity index (χ0) is 11.4. The molecule has 1 rings (SSSR count). The third-order valence-corrected chi connectivity index (χ3v) is 1.40. The van der Waals surface area contributed by atoms with Gasteiger partial charge in [0.15, 0.2) is 12.4 Å². The summed E-state index contributed by atoms with van der Waals surface area (Å²) in [5.74, 6) is -3.09. The summed E-state index contributed by atoms with van der Waals surface area (Å²) in [5.41, 5.74) is -0.378. The third-order valence-electron chi connectivity index (χ3n) is 1.40. The molecule has 0 radical (unpaired) electrons. The van der Waals surface area contributed by atoms with Gasteiger partial charge in [-0.2, -0.15) is 0 Å². The zero-order valence-electron chi connectivity index (χ0n) is 7.28. The first-order valence-electron chi connectivity index (χ1n) is 3.80. The molecular weight excluding hydrogens is 215 g/mol. The molecule has 0 saturated heterocycles. The van der Waals surface area contributed by atoms with Crippen molar-refractivity contribution in [3.05, 3.63) is 23.6 Å². The number of nitrogens with zero attached hydrogens (tertiary/aromatic N) is 1. The van der Waals surface area contributed by atoms with E-state index in [1.54, 1.807) is 0 Å². The Bertz CT molecular complexity index is 370. The quantitative estimate of drug-likeness (QED) is 0.838. The topological polar surface area (TPSA) is 59.4 Å². The molecule has 15 heavy (non-hydrogen) atoms. The molecular formula is C8H6F3NO3. The standard InChI is InChI=1S/C8H6F3NO3/c9-5-1-4(8(13)14)2-12-7(5)15-3-6(10)11/h1-2,6H,3H2,(H,13,14). The van der Waals surface area contributed by atoms with Crippen LogP contribution in [0.2, 0.25) is 0 Å². The first kappa shape index (κ1) is 11.3. The van der Waals surface area contributed by atoms with Crippen molar-refractivity contribution in [1.82, 2.24) is 4.98 Å². The van der Waals surface area contributed by atoms with Gasteiger partial charge in [-0.05, 0) is 6.07 Å². The van der Waals surface area contributed by atoms with Crippen LogP contribution in [0.3, 0.4) is 0 Å². The highest BCUT2D eigenvalue weighted by Gasteiger charge is 2.12. The van der Waals surface area contributed by atoms with Crippen molar-refractivity contribution in [1.29, 1.82) is 0 Å². The first-order valence-corrected chi connectivity index (χ1v) is 3.80. The Morgan fingerprint density at radius 2 is 2.27 bits per heavy atom. The van der Waals surface area contributed by atoms with Crippen LogP contribution in [0.4, 0.5) is 13.2 Å². The minimum absolute atomic E-state index is 0.378. The van der Waals surface area contributed by atoms with E-state index in [1.165, 1.54) is 0 Å². The second kappa shape index (κ2) is 4.63. The van der Waals surface area contributed by atoms with Gasteiger partial charge in [-0.3, -0.25) is 0 Å². The van der Waals surface area contributed by atoms with Crippen molar-refractivity contribution in [3.63, 3.8) is 0 Å². The maximum atomic E-state index is 13.0. The van der Waals surface area contributed by atoms with Crippen molar-refractivity contribution in [2.24, 2.45) is 0 Å². The van der Waals surface area contributed by atoms with Crippen LogP contribution >= 0.6 is 0 Å². The SMILES string of the molecule is O=C(O)c1cnc(OCC(F)F)c(F)c1. The normalized spacial score (nSPS) is 10.4. The van der Waals surface area contributed by atoms with Crippen LogP contribution in [0.1, 0.15) is 10.4 Å². The fourth-order valence-corrected chi connectivity index (χ4v) is 0.790. The molecule has 0 fully saturated rings. The lowest BCUT2D eigenvalue weighted by molar-refractivity contribution is 0.0690. The molecule has 0 aliphatic rings. The maximum absolute atomic E-state index is 13.0. The van der Waals surface area contributed by atoms with E-state index in [-0.39, 0.29) is 5.56 Å². The molecule has 1 aromatic heterocycles. The second-order valence-electron chi connectivity index (χ2n) is 2.52. The number of rotatable bonds is 4. The summed E-state index contributed by atoms with van der Waals surface area (Å²) in [6.45, 7) is -0.990. The number of carboxylic acid groups (broad SMARTS) is 1. The fourth-order valence-electron chi connectivity index (χ4n) is 0.790. The molecule has 1 aromatic rings. The molecule has 1 N–H and O–H groups in total. The van der Waals surface area contributed by atoms with Crippen LogP contribution in [0.15, 0.2) is 12.3 Å². The Labute approximate surface area is 82.3 Å². The average molecular weight is 221 g/mol. The highest BCUT2D eigenvalue weighted by molar-refractivity contribution is 5.87. The lowest BCUT2D eigenvalue weighted by Crippen LogP contribution is -2.10. The molecule has 0 aliphatic heterocycles. The number of hydrogen-bond donors (Lipinski definition) is 1. The van der Waals surface area contributed by atoms with E-state index >= 15 is 0 Å². The smallest absolute Gasteiger partial charge is 0.337 e. The maximum Gasteiger partial charge on any atom is 0.337 e. The fraction of sp³-hybridized carbons (Fsp3) is 0.250. The Balaban J connectivity index is 2.79. The van der Waals surface area contributed by atoms with E-state index < -0.39 is 30.7 Å². The molecule has 0 spiro atoms. The number of hydrogen-bond acceptors (Lipinski definition) is 3. The molecule has 1 heterocycles. The van der Waals surface area contributed by atoms with E-state index in [2.05, 4.69) is 9.72 Å². The van der Waals surface area contributed by atoms with Crippen molar-refractivity contribution in [2.75, 3.05) is 6.61 Å². The van der Waals surface area contributed by atoms with Gasteiger partial charge in [-0.1, -0.05) is 0 Å². The molecule has 0 amide bonds. The number of carbonyl (C=O) groups is 1. The van der Waals surface area contributed by atoms with Crippen LogP contribution in [-0.2, 0) is 0 Å². The van der Waals surface area contributed by atoms with Crippen LogP contribution < -0.4 is 4.74 Å². The highest BCUT2D eigenvalue weighted by Crippen LogP contribution is 2.15. The second-order valence-corrected chi connectivity index (χ2v) is 2.52. The summed E-state index contributed by atoms with van der Waals surface area (Å²) in [4.78, 5) is 13.6. The van der Waals surface area contributed by atoms with Crippen molar-refractivity contribution < 1.29 is 27.8 Å². The summed E-state index contributed by atoms with van der Waals surface area (Å²) in [7, 11) is 0. The van der Waals surface area contributed by atoms with Crippen LogP contribution in [-0.4, -0.2) is 29.1 Å². The van der Waals surface area contributed by atoms with E-state index in [0.29, 0.717) is 6.07 Å². The first-order chi connectivity index (χ1) is 7.00. The number of ether oxygens (including phenoxy) is 1. The van der Waals surface area contributed by atoms with E-state index in [1.807, 2.05) is 0 Å². The van der Waals surface area contributed by atoms with Gasteiger partial charge in [0.1, 0.15) is 0 Å². The van der Waals surface area contributed by atoms with Crippen LogP contribution in [0, 0.1) is 5.82 Å². The highest BCUT2D eigenvalue weighted by atomic mass is 19.3. The van der Waals surface area contributed by atoms with Gasteiger partial charge in [-0.15, -0.1) is 0 Å². The Morgan fingerprint density at radius 1 is 1.60 bits per heavy atom. The van der Waals surface area contributed by atoms with Gasteiger partial charge in [-0.25, -0.2) is 22.9 Å². The predicted octanol–water partition coefficient (Wildman–Crippen LogP) is 1.56. The average Bonchev–Trinajstić information content (AvgIpc) is 2.15. The Kier molecular flexibility index (Phi) is 3.48. The molecule has 82 valence electrons. The number of pyridine rings is 1. The van der Waals surface area contributed by atoms with Gasteiger partial charge in [0.05, 0.1) is 5.56 Å². The molecule has 0 aromatic carbocycles. The van der Waals surface area contributed by atoms with Gasteiger partial charge >= 0.3 is 5.97 Å². The van der Waals surface area contributed by atoms with E-state index in [9.17, 15) is 18.0 Å². The van der Waals surface area contributed by atoms with Gasteiger partial charge in [0, 0.05) is 6.20 Å². The summed E-state index contributed by atoms with van der Waals surface area (Å²) in [5, 5.41) is 8.45. The number of alkyl halides is 2. The lowest BCUT2D eigenvalue weighted by Gasteiger charge is -2.05. The summed E-state index contributed by atoms with van der Waals surface area (Å²) in [6.07, 6.45) is -1.92. The van der Waals surface area contributed by atoms with E-state index in [4.69, 9.17) is 5.11 Å². The number of aromatic carboxylic acids is 1. The third kappa shape index (κ3) is 3.12. The Morgan fingerprint density at radius 3 is 2.73 bits per heavy atom. The predicted molar refractivity (Wildman–Crippen MR) is 42.7 cm³/mol. The van der Waals surface area contributed by atoms with Crippen LogP contribution in [0.5, 0.6) is 5.88 Å². The van der Waals surface area contributed by atoms with Crippen molar-refractivity contribution in [2.45, 2.75) is 6.43 Å². The molecule has 0 bridgehead atoms. The molecule has 0 unspecified atom stereocenters. The summed E-state index contributed by atoms with van der Waals surface area (Å²) in [6, 6.07) is 0.649. The summed E-state index contributed by atoms with van der Waals surface area (Å²) >= 11 is 0. The van der Waals surface area contributed by atoms with E-state index in [0.717, 1.165) is 6.20 Å². The number of aromatic nitrogens is 1.